The zero-order valence-electron chi connectivity index (χ0n) is 21.8. The first-order valence-corrected chi connectivity index (χ1v) is 13.0. The number of hydrogen-bond acceptors (Lipinski definition) is 0. The molecule has 1 aliphatic carbocycles. The average Bonchev–Trinajstić information content (AvgIpc) is 2.59. The minimum absolute atomic E-state index is 0.905. The summed E-state index contributed by atoms with van der Waals surface area (Å²) in [7, 11) is 0.659. The van der Waals surface area contributed by atoms with Crippen LogP contribution in [0.4, 0.5) is 0 Å². The van der Waals surface area contributed by atoms with Crippen LogP contribution in [0, 0.1) is 6.92 Å². The minimum atomic E-state index is -2.01. The van der Waals surface area contributed by atoms with Gasteiger partial charge in [0.25, 0.3) is 0 Å². The second-order valence-electron chi connectivity index (χ2n) is 9.88. The van der Waals surface area contributed by atoms with Gasteiger partial charge in [-0.2, -0.15) is 0 Å². The fourth-order valence-electron chi connectivity index (χ4n) is 3.80. The van der Waals surface area contributed by atoms with Gasteiger partial charge in [-0.05, 0) is 53.3 Å². The van der Waals surface area contributed by atoms with Gasteiger partial charge in [-0.15, -0.1) is 0 Å². The number of aryl methyl sites for hydroxylation is 2. The van der Waals surface area contributed by atoms with Crippen LogP contribution >= 0.6 is 0 Å². The molecule has 0 atom stereocenters. The van der Waals surface area contributed by atoms with E-state index in [-0.39, 0.29) is 0 Å². The van der Waals surface area contributed by atoms with E-state index in [1.165, 1.54) is 5.19 Å². The quantitative estimate of drug-likeness (QED) is 0.493. The van der Waals surface area contributed by atoms with E-state index in [2.05, 4.69) is 68.6 Å². The molecule has 1 aromatic heterocycles. The third-order valence-corrected chi connectivity index (χ3v) is 7.70. The molecule has 0 saturated heterocycles. The number of nitrogens with zero attached hydrogens (tertiary/aromatic N) is 1. The van der Waals surface area contributed by atoms with Crippen LogP contribution in [0.25, 0.3) is 11.3 Å². The lowest BCUT2D eigenvalue weighted by atomic mass is 9.62. The molecule has 1 aromatic carbocycles. The number of benzene rings is 1. The van der Waals surface area contributed by atoms with Gasteiger partial charge in [0.15, 0.2) is 6.20 Å². The standard InChI is InChI=1S/C24H36NSi/c1-17-14-20-21(24(4,5)13-12-23(20,2)3)15-19(17)22-11-10-18(16-25(22)6)26(7,8)9/h10-11,14-16H,12-13H2,1-9H3/q+1/i12D2,13D2. The smallest absolute Gasteiger partial charge is 0.201 e. The molecule has 2 heteroatoms. The lowest BCUT2D eigenvalue weighted by Gasteiger charge is -2.42. The monoisotopic (exact) mass is 370 g/mol. The van der Waals surface area contributed by atoms with Gasteiger partial charge in [0.2, 0.25) is 5.69 Å². The van der Waals surface area contributed by atoms with Crippen molar-refractivity contribution in [2.24, 2.45) is 7.05 Å². The molecule has 0 radical (unpaired) electrons. The Morgan fingerprint density at radius 1 is 0.962 bits per heavy atom. The van der Waals surface area contributed by atoms with Crippen LogP contribution in [-0.4, -0.2) is 8.07 Å². The summed E-state index contributed by atoms with van der Waals surface area (Å²) in [4.78, 5) is 0. The van der Waals surface area contributed by atoms with Gasteiger partial charge in [0.1, 0.15) is 7.05 Å². The molecule has 1 nitrogen and oxygen atoms in total. The highest BCUT2D eigenvalue weighted by Gasteiger charge is 2.38. The van der Waals surface area contributed by atoms with E-state index >= 15 is 0 Å². The third kappa shape index (κ3) is 3.29. The number of rotatable bonds is 2. The molecular weight excluding hydrogens is 330 g/mol. The van der Waals surface area contributed by atoms with Crippen LogP contribution < -0.4 is 9.75 Å². The zero-order chi connectivity index (χ0) is 23.1. The maximum Gasteiger partial charge on any atom is 0.212 e. The molecule has 3 rings (SSSR count). The first-order valence-electron chi connectivity index (χ1n) is 11.5. The number of aromatic nitrogens is 1. The van der Waals surface area contributed by atoms with Crippen LogP contribution in [0.2, 0.25) is 19.6 Å². The van der Waals surface area contributed by atoms with Crippen LogP contribution in [0.3, 0.4) is 0 Å². The fraction of sp³-hybridized carbons (Fsp3) is 0.542. The Morgan fingerprint density at radius 3 is 2.00 bits per heavy atom. The Hall–Kier alpha value is -1.41. The molecule has 26 heavy (non-hydrogen) atoms. The Kier molecular flexibility index (Phi) is 3.40. The summed E-state index contributed by atoms with van der Waals surface area (Å²) in [5.41, 5.74) is 3.19. The summed E-state index contributed by atoms with van der Waals surface area (Å²) in [6, 6.07) is 8.61. The topological polar surface area (TPSA) is 3.88 Å². The fourth-order valence-corrected chi connectivity index (χ4v) is 4.96. The molecule has 0 N–H and O–H groups in total. The number of fused-ring (bicyclic) bond motifs is 1. The summed E-state index contributed by atoms with van der Waals surface area (Å²) >= 11 is 0. The van der Waals surface area contributed by atoms with Crippen molar-refractivity contribution in [3.05, 3.63) is 47.2 Å². The highest BCUT2D eigenvalue weighted by Crippen LogP contribution is 2.47. The van der Waals surface area contributed by atoms with Crippen molar-refractivity contribution < 1.29 is 10.1 Å². The largest absolute Gasteiger partial charge is 0.212 e. The van der Waals surface area contributed by atoms with Crippen molar-refractivity contribution in [1.82, 2.24) is 0 Å². The maximum atomic E-state index is 8.78. The van der Waals surface area contributed by atoms with Crippen LogP contribution in [0.1, 0.15) is 62.6 Å². The summed E-state index contributed by atoms with van der Waals surface area (Å²) < 4.78 is 37.2. The van der Waals surface area contributed by atoms with Gasteiger partial charge in [-0.3, -0.25) is 0 Å². The molecule has 0 aliphatic heterocycles. The highest BCUT2D eigenvalue weighted by atomic mass is 28.3. The predicted molar refractivity (Wildman–Crippen MR) is 116 cm³/mol. The maximum absolute atomic E-state index is 8.78. The Bertz CT molecular complexity index is 1020. The van der Waals surface area contributed by atoms with E-state index in [9.17, 15) is 0 Å². The molecule has 0 bridgehead atoms. The molecule has 0 fully saturated rings. The van der Waals surface area contributed by atoms with Crippen LogP contribution in [-0.2, 0) is 17.9 Å². The third-order valence-electron chi connectivity index (χ3n) is 5.67. The van der Waals surface area contributed by atoms with Gasteiger partial charge < -0.3 is 0 Å². The second kappa shape index (κ2) is 6.05. The van der Waals surface area contributed by atoms with Gasteiger partial charge in [-0.1, -0.05) is 59.5 Å². The molecule has 1 aliphatic rings. The van der Waals surface area contributed by atoms with Crippen LogP contribution in [0.5, 0.6) is 0 Å². The van der Waals surface area contributed by atoms with E-state index < -0.39 is 31.6 Å². The number of pyridine rings is 1. The normalized spacial score (nSPS) is 24.7. The van der Waals surface area contributed by atoms with Crippen molar-refractivity contribution >= 4 is 13.3 Å². The lowest BCUT2D eigenvalue weighted by molar-refractivity contribution is -0.659. The summed E-state index contributed by atoms with van der Waals surface area (Å²) in [5, 5.41) is 1.40. The lowest BCUT2D eigenvalue weighted by Crippen LogP contribution is -2.45. The average molecular weight is 371 g/mol. The van der Waals surface area contributed by atoms with Crippen LogP contribution in [0.15, 0.2) is 30.5 Å². The van der Waals surface area contributed by atoms with E-state index in [1.807, 2.05) is 27.7 Å². The van der Waals surface area contributed by atoms with Crippen molar-refractivity contribution in [3.8, 4) is 11.3 Å². The first-order chi connectivity index (χ1) is 13.4. The zero-order valence-corrected chi connectivity index (χ0v) is 18.8. The van der Waals surface area contributed by atoms with E-state index in [0.29, 0.717) is 0 Å². The van der Waals surface area contributed by atoms with E-state index in [0.717, 1.165) is 27.9 Å². The molecule has 0 unspecified atom stereocenters. The van der Waals surface area contributed by atoms with E-state index in [4.69, 9.17) is 5.48 Å². The molecule has 0 spiro atoms. The Balaban J connectivity index is 2.30. The SMILES string of the molecule is [2H]C1([2H])C(C)(C)c2cc(C)c(-c3ccc([Si](C)(C)C)c[n+]3C)cc2C(C)(C)C1([2H])[2H]. The second-order valence-corrected chi connectivity index (χ2v) is 15.0. The minimum Gasteiger partial charge on any atom is -0.201 e. The predicted octanol–water partition coefficient (Wildman–Crippen LogP) is 5.38. The van der Waals surface area contributed by atoms with Crippen molar-refractivity contribution in [1.29, 1.82) is 0 Å². The Morgan fingerprint density at radius 2 is 1.50 bits per heavy atom. The van der Waals surface area contributed by atoms with Crippen molar-refractivity contribution in [2.75, 3.05) is 0 Å². The van der Waals surface area contributed by atoms with Crippen molar-refractivity contribution in [3.63, 3.8) is 0 Å². The van der Waals surface area contributed by atoms with E-state index in [1.54, 1.807) is 0 Å². The highest BCUT2D eigenvalue weighted by molar-refractivity contribution is 6.88. The number of hydrogen-bond donors (Lipinski definition) is 0. The molecule has 2 aromatic rings. The van der Waals surface area contributed by atoms with Gasteiger partial charge >= 0.3 is 0 Å². The molecule has 1 heterocycles. The summed E-state index contributed by atoms with van der Waals surface area (Å²) in [6.07, 6.45) is -1.77. The molecule has 0 amide bonds. The van der Waals surface area contributed by atoms with Crippen molar-refractivity contribution in [2.45, 2.75) is 77.8 Å². The first kappa shape index (κ1) is 14.6. The Labute approximate surface area is 167 Å². The molecular formula is C24H36NSi+. The van der Waals surface area contributed by atoms with Gasteiger partial charge in [-0.25, -0.2) is 4.57 Å². The molecule has 140 valence electrons. The molecule has 0 saturated carbocycles. The summed E-state index contributed by atoms with van der Waals surface area (Å²) in [5.74, 6) is 0. The van der Waals surface area contributed by atoms with Gasteiger partial charge in [0, 0.05) is 22.3 Å². The van der Waals surface area contributed by atoms with Gasteiger partial charge in [0.05, 0.1) is 8.07 Å². The summed E-state index contributed by atoms with van der Waals surface area (Å²) in [6.45, 7) is 16.4.